The van der Waals surface area contributed by atoms with E-state index in [0.717, 1.165) is 25.7 Å². The Morgan fingerprint density at radius 2 is 2.11 bits per heavy atom. The fourth-order valence-corrected chi connectivity index (χ4v) is 2.45. The van der Waals surface area contributed by atoms with E-state index in [1.54, 1.807) is 12.1 Å². The normalized spacial score (nSPS) is 23.6. The molecule has 0 saturated heterocycles. The molecule has 0 atom stereocenters. The van der Waals surface area contributed by atoms with Crippen LogP contribution in [-0.2, 0) is 6.54 Å². The second-order valence-corrected chi connectivity index (χ2v) is 5.02. The van der Waals surface area contributed by atoms with E-state index in [4.69, 9.17) is 5.73 Å². The van der Waals surface area contributed by atoms with Gasteiger partial charge in [-0.3, -0.25) is 4.79 Å². The summed E-state index contributed by atoms with van der Waals surface area (Å²) in [5, 5.41) is 2.90. The third-order valence-corrected chi connectivity index (χ3v) is 3.50. The van der Waals surface area contributed by atoms with Gasteiger partial charge in [-0.05, 0) is 37.8 Å². The molecule has 1 heterocycles. The maximum Gasteiger partial charge on any atom is 0.268 e. The van der Waals surface area contributed by atoms with Crippen LogP contribution in [0.4, 0.5) is 8.78 Å². The third kappa shape index (κ3) is 3.76. The van der Waals surface area contributed by atoms with Crippen molar-refractivity contribution < 1.29 is 13.6 Å². The number of nitrogens with zero attached hydrogens (tertiary/aromatic N) is 1. The number of carbonyl (C=O) groups is 1. The van der Waals surface area contributed by atoms with Crippen molar-refractivity contribution in [2.75, 3.05) is 0 Å². The van der Waals surface area contributed by atoms with Gasteiger partial charge in [0, 0.05) is 18.3 Å². The maximum absolute atomic E-state index is 12.4. The van der Waals surface area contributed by atoms with Crippen LogP contribution in [0.5, 0.6) is 0 Å². The first-order chi connectivity index (χ1) is 9.06. The van der Waals surface area contributed by atoms with Crippen LogP contribution in [0.15, 0.2) is 18.3 Å². The van der Waals surface area contributed by atoms with Gasteiger partial charge in [-0.2, -0.15) is 0 Å². The van der Waals surface area contributed by atoms with E-state index in [9.17, 15) is 13.6 Å². The number of amides is 1. The summed E-state index contributed by atoms with van der Waals surface area (Å²) in [4.78, 5) is 12.0. The number of nitrogens with two attached hydrogens (primary N) is 1. The van der Waals surface area contributed by atoms with Gasteiger partial charge >= 0.3 is 0 Å². The van der Waals surface area contributed by atoms with Crippen LogP contribution in [0.2, 0.25) is 0 Å². The zero-order valence-corrected chi connectivity index (χ0v) is 10.7. The molecule has 19 heavy (non-hydrogen) atoms. The molecule has 2 rings (SSSR count). The SMILES string of the molecule is NC1CCC(NC(=O)c2cccn2CC(F)F)CC1. The van der Waals surface area contributed by atoms with Crippen molar-refractivity contribution in [2.24, 2.45) is 5.73 Å². The molecule has 1 saturated carbocycles. The molecule has 0 bridgehead atoms. The maximum atomic E-state index is 12.4. The smallest absolute Gasteiger partial charge is 0.268 e. The fourth-order valence-electron chi connectivity index (χ4n) is 2.45. The van der Waals surface area contributed by atoms with Crippen LogP contribution in [0.1, 0.15) is 36.2 Å². The number of carbonyl (C=O) groups excluding carboxylic acids is 1. The molecule has 0 radical (unpaired) electrons. The molecule has 1 aromatic heterocycles. The first kappa shape index (κ1) is 14.0. The lowest BCUT2D eigenvalue weighted by Gasteiger charge is -2.26. The van der Waals surface area contributed by atoms with Gasteiger partial charge in [0.2, 0.25) is 0 Å². The monoisotopic (exact) mass is 271 g/mol. The van der Waals surface area contributed by atoms with Crippen molar-refractivity contribution in [3.8, 4) is 0 Å². The third-order valence-electron chi connectivity index (χ3n) is 3.50. The summed E-state index contributed by atoms with van der Waals surface area (Å²) >= 11 is 0. The molecule has 0 aliphatic heterocycles. The highest BCUT2D eigenvalue weighted by molar-refractivity contribution is 5.92. The van der Waals surface area contributed by atoms with Gasteiger partial charge in [0.1, 0.15) is 5.69 Å². The van der Waals surface area contributed by atoms with Gasteiger partial charge in [-0.15, -0.1) is 0 Å². The van der Waals surface area contributed by atoms with Crippen molar-refractivity contribution in [3.05, 3.63) is 24.0 Å². The Labute approximate surface area is 111 Å². The number of hydrogen-bond acceptors (Lipinski definition) is 2. The van der Waals surface area contributed by atoms with Crippen LogP contribution in [-0.4, -0.2) is 29.0 Å². The van der Waals surface area contributed by atoms with E-state index in [-0.39, 0.29) is 23.7 Å². The fraction of sp³-hybridized carbons (Fsp3) is 0.615. The second kappa shape index (κ2) is 6.14. The first-order valence-electron chi connectivity index (χ1n) is 6.56. The quantitative estimate of drug-likeness (QED) is 0.876. The summed E-state index contributed by atoms with van der Waals surface area (Å²) in [6.07, 6.45) is 2.51. The second-order valence-electron chi connectivity index (χ2n) is 5.02. The largest absolute Gasteiger partial charge is 0.348 e. The molecule has 4 nitrogen and oxygen atoms in total. The lowest BCUT2D eigenvalue weighted by atomic mass is 9.92. The van der Waals surface area contributed by atoms with Gasteiger partial charge in [0.15, 0.2) is 0 Å². The van der Waals surface area contributed by atoms with E-state index in [2.05, 4.69) is 5.32 Å². The average Bonchev–Trinajstić information content (AvgIpc) is 2.79. The lowest BCUT2D eigenvalue weighted by Crippen LogP contribution is -2.41. The van der Waals surface area contributed by atoms with E-state index >= 15 is 0 Å². The van der Waals surface area contributed by atoms with Gasteiger partial charge in [0.05, 0.1) is 6.54 Å². The Balaban J connectivity index is 1.94. The van der Waals surface area contributed by atoms with Crippen molar-refractivity contribution >= 4 is 5.91 Å². The molecule has 1 amide bonds. The predicted molar refractivity (Wildman–Crippen MR) is 68.1 cm³/mol. The number of alkyl halides is 2. The molecular formula is C13H19F2N3O. The van der Waals surface area contributed by atoms with Gasteiger partial charge in [0.25, 0.3) is 12.3 Å². The van der Waals surface area contributed by atoms with Crippen LogP contribution in [0.25, 0.3) is 0 Å². The Bertz CT molecular complexity index is 425. The van der Waals surface area contributed by atoms with E-state index < -0.39 is 13.0 Å². The van der Waals surface area contributed by atoms with Crippen molar-refractivity contribution in [3.63, 3.8) is 0 Å². The zero-order chi connectivity index (χ0) is 13.8. The molecule has 106 valence electrons. The Morgan fingerprint density at radius 1 is 1.42 bits per heavy atom. The molecule has 1 aliphatic rings. The predicted octanol–water partition coefficient (Wildman–Crippen LogP) is 1.75. The molecular weight excluding hydrogens is 252 g/mol. The average molecular weight is 271 g/mol. The number of hydrogen-bond donors (Lipinski definition) is 2. The molecule has 6 heteroatoms. The van der Waals surface area contributed by atoms with E-state index in [1.807, 2.05) is 0 Å². The summed E-state index contributed by atoms with van der Waals surface area (Å²) in [6, 6.07) is 3.48. The first-order valence-corrected chi connectivity index (χ1v) is 6.56. The summed E-state index contributed by atoms with van der Waals surface area (Å²) in [5.74, 6) is -0.286. The molecule has 0 aromatic carbocycles. The summed E-state index contributed by atoms with van der Waals surface area (Å²) < 4.78 is 26.0. The number of nitrogens with one attached hydrogen (secondary N) is 1. The Hall–Kier alpha value is -1.43. The minimum absolute atomic E-state index is 0.0993. The summed E-state index contributed by atoms with van der Waals surface area (Å²) in [5.41, 5.74) is 6.09. The minimum atomic E-state index is -2.47. The highest BCUT2D eigenvalue weighted by Gasteiger charge is 2.22. The standard InChI is InChI=1S/C13H19F2N3O/c14-12(15)8-18-7-1-2-11(18)13(19)17-10-5-3-9(16)4-6-10/h1-2,7,9-10,12H,3-6,8,16H2,(H,17,19). The highest BCUT2D eigenvalue weighted by Crippen LogP contribution is 2.17. The highest BCUT2D eigenvalue weighted by atomic mass is 19.3. The zero-order valence-electron chi connectivity index (χ0n) is 10.7. The van der Waals surface area contributed by atoms with Crippen molar-refractivity contribution in [1.82, 2.24) is 9.88 Å². The van der Waals surface area contributed by atoms with Gasteiger partial charge < -0.3 is 15.6 Å². The van der Waals surface area contributed by atoms with E-state index in [1.165, 1.54) is 10.8 Å². The van der Waals surface area contributed by atoms with Crippen LogP contribution < -0.4 is 11.1 Å². The van der Waals surface area contributed by atoms with E-state index in [0.29, 0.717) is 0 Å². The molecule has 1 aliphatic carbocycles. The molecule has 1 aromatic rings. The van der Waals surface area contributed by atoms with Crippen LogP contribution in [0, 0.1) is 0 Å². The summed E-state index contributed by atoms with van der Waals surface area (Å²) in [6.45, 7) is -0.453. The minimum Gasteiger partial charge on any atom is -0.348 e. The van der Waals surface area contributed by atoms with Gasteiger partial charge in [-0.1, -0.05) is 0 Å². The van der Waals surface area contributed by atoms with Crippen molar-refractivity contribution in [1.29, 1.82) is 0 Å². The number of aromatic nitrogens is 1. The van der Waals surface area contributed by atoms with Gasteiger partial charge in [-0.25, -0.2) is 8.78 Å². The van der Waals surface area contributed by atoms with Crippen LogP contribution >= 0.6 is 0 Å². The molecule has 3 N–H and O–H groups in total. The van der Waals surface area contributed by atoms with Crippen LogP contribution in [0.3, 0.4) is 0 Å². The Kier molecular flexibility index (Phi) is 4.52. The molecule has 0 spiro atoms. The molecule has 0 unspecified atom stereocenters. The lowest BCUT2D eigenvalue weighted by molar-refractivity contribution is 0.0903. The molecule has 1 fully saturated rings. The van der Waals surface area contributed by atoms with Crippen molar-refractivity contribution in [2.45, 2.75) is 50.7 Å². The number of rotatable bonds is 4. The Morgan fingerprint density at radius 3 is 2.74 bits per heavy atom. The summed E-state index contributed by atoms with van der Waals surface area (Å²) in [7, 11) is 0. The topological polar surface area (TPSA) is 60.0 Å². The number of halogens is 2.